The van der Waals surface area contributed by atoms with E-state index < -0.39 is 35.1 Å². The number of carbonyl (C=O) groups excluding carboxylic acids is 2. The normalized spacial score (nSPS) is 14.9. The van der Waals surface area contributed by atoms with Crippen LogP contribution in [-0.2, 0) is 16.1 Å². The largest absolute Gasteiger partial charge is 0.378 e. The number of aromatic nitrogens is 1. The second kappa shape index (κ2) is 10.3. The van der Waals surface area contributed by atoms with Crippen LogP contribution >= 0.6 is 0 Å². The molecule has 3 rings (SSSR count). The van der Waals surface area contributed by atoms with Crippen LogP contribution in [0.5, 0.6) is 0 Å². The fourth-order valence-corrected chi connectivity index (χ4v) is 3.26. The summed E-state index contributed by atoms with van der Waals surface area (Å²) in [5.74, 6) is -2.82. The minimum Gasteiger partial charge on any atom is -0.378 e. The second-order valence-corrected chi connectivity index (χ2v) is 7.63. The Morgan fingerprint density at radius 2 is 1.81 bits per heavy atom. The fraction of sp³-hybridized carbons (Fsp3) is 0.409. The Balaban J connectivity index is 1.60. The lowest BCUT2D eigenvalue weighted by molar-refractivity contribution is -0.124. The highest BCUT2D eigenvalue weighted by Gasteiger charge is 2.27. The molecule has 1 aromatic carbocycles. The second-order valence-electron chi connectivity index (χ2n) is 7.63. The van der Waals surface area contributed by atoms with Gasteiger partial charge in [0.25, 0.3) is 5.91 Å². The van der Waals surface area contributed by atoms with E-state index in [-0.39, 0.29) is 12.5 Å². The predicted octanol–water partition coefficient (Wildman–Crippen LogP) is 2.27. The lowest BCUT2D eigenvalue weighted by Crippen LogP contribution is -2.49. The quantitative estimate of drug-likeness (QED) is 0.701. The van der Waals surface area contributed by atoms with Gasteiger partial charge in [0.05, 0.1) is 13.2 Å². The van der Waals surface area contributed by atoms with Gasteiger partial charge in [-0.15, -0.1) is 0 Å². The van der Waals surface area contributed by atoms with Crippen LogP contribution in [0.2, 0.25) is 0 Å². The van der Waals surface area contributed by atoms with Crippen molar-refractivity contribution in [2.75, 3.05) is 31.2 Å². The summed E-state index contributed by atoms with van der Waals surface area (Å²) in [6.45, 7) is 6.57. The number of anilines is 1. The average Bonchev–Trinajstić information content (AvgIpc) is 2.76. The molecular weight excluding hydrogens is 406 g/mol. The number of nitrogens with zero attached hydrogens (tertiary/aromatic N) is 2. The number of halogens is 2. The van der Waals surface area contributed by atoms with Crippen LogP contribution in [0.25, 0.3) is 0 Å². The number of pyridine rings is 1. The summed E-state index contributed by atoms with van der Waals surface area (Å²) in [6.07, 6.45) is 1.68. The number of benzene rings is 1. The number of carbonyl (C=O) groups is 2. The Bertz CT molecular complexity index is 895. The SMILES string of the molecule is CC(C)C(NC(=O)c1c(F)cccc1F)C(=O)NCc1ccc(N2CCOCC2)nc1. The van der Waals surface area contributed by atoms with Gasteiger partial charge in [-0.2, -0.15) is 0 Å². The van der Waals surface area contributed by atoms with Crippen molar-refractivity contribution in [2.45, 2.75) is 26.4 Å². The number of amides is 2. The first-order valence-corrected chi connectivity index (χ1v) is 10.2. The summed E-state index contributed by atoms with van der Waals surface area (Å²) >= 11 is 0. The smallest absolute Gasteiger partial charge is 0.257 e. The number of nitrogens with one attached hydrogen (secondary N) is 2. The van der Waals surface area contributed by atoms with Crippen molar-refractivity contribution in [2.24, 2.45) is 5.92 Å². The molecule has 0 bridgehead atoms. The van der Waals surface area contributed by atoms with E-state index in [1.165, 1.54) is 6.07 Å². The summed E-state index contributed by atoms with van der Waals surface area (Å²) in [5.41, 5.74) is 0.0863. The average molecular weight is 432 g/mol. The van der Waals surface area contributed by atoms with Gasteiger partial charge in [0.15, 0.2) is 0 Å². The van der Waals surface area contributed by atoms with Crippen molar-refractivity contribution in [3.05, 3.63) is 59.3 Å². The standard InChI is InChI=1S/C22H26F2N4O3/c1-14(2)20(27-21(29)19-16(23)4-3-5-17(19)24)22(30)26-13-15-6-7-18(25-12-15)28-8-10-31-11-9-28/h3-7,12,14,20H,8-11,13H2,1-2H3,(H,26,30)(H,27,29). The van der Waals surface area contributed by atoms with Crippen molar-refractivity contribution < 1.29 is 23.1 Å². The molecule has 1 saturated heterocycles. The minimum absolute atomic E-state index is 0.211. The summed E-state index contributed by atoms with van der Waals surface area (Å²) in [6, 6.07) is 5.97. The van der Waals surface area contributed by atoms with Gasteiger partial charge in [-0.05, 0) is 29.7 Å². The predicted molar refractivity (Wildman–Crippen MR) is 112 cm³/mol. The summed E-state index contributed by atoms with van der Waals surface area (Å²) in [4.78, 5) is 31.6. The summed E-state index contributed by atoms with van der Waals surface area (Å²) < 4.78 is 33.1. The fourth-order valence-electron chi connectivity index (χ4n) is 3.26. The first-order chi connectivity index (χ1) is 14.9. The summed E-state index contributed by atoms with van der Waals surface area (Å²) in [5, 5.41) is 5.19. The summed E-state index contributed by atoms with van der Waals surface area (Å²) in [7, 11) is 0. The third-order valence-corrected chi connectivity index (χ3v) is 5.04. The number of morpholine rings is 1. The van der Waals surface area contributed by atoms with Crippen LogP contribution in [0.3, 0.4) is 0 Å². The molecule has 0 radical (unpaired) electrons. The lowest BCUT2D eigenvalue weighted by Gasteiger charge is -2.27. The van der Waals surface area contributed by atoms with Crippen LogP contribution in [0, 0.1) is 17.6 Å². The highest BCUT2D eigenvalue weighted by atomic mass is 19.1. The molecule has 9 heteroatoms. The molecular formula is C22H26F2N4O3. The molecule has 0 saturated carbocycles. The van der Waals surface area contributed by atoms with Gasteiger partial charge in [0.1, 0.15) is 29.1 Å². The maximum Gasteiger partial charge on any atom is 0.257 e. The maximum atomic E-state index is 13.9. The van der Waals surface area contributed by atoms with Gasteiger partial charge in [-0.3, -0.25) is 9.59 Å². The van der Waals surface area contributed by atoms with E-state index in [9.17, 15) is 18.4 Å². The van der Waals surface area contributed by atoms with Gasteiger partial charge in [-0.1, -0.05) is 26.0 Å². The van der Waals surface area contributed by atoms with Gasteiger partial charge < -0.3 is 20.3 Å². The molecule has 2 amide bonds. The molecule has 0 spiro atoms. The molecule has 31 heavy (non-hydrogen) atoms. The Hall–Kier alpha value is -3.07. The zero-order valence-electron chi connectivity index (χ0n) is 17.5. The van der Waals surface area contributed by atoms with E-state index in [2.05, 4.69) is 20.5 Å². The number of hydrogen-bond acceptors (Lipinski definition) is 5. The van der Waals surface area contributed by atoms with Crippen LogP contribution in [-0.4, -0.2) is 49.1 Å². The Morgan fingerprint density at radius 3 is 2.39 bits per heavy atom. The molecule has 7 nitrogen and oxygen atoms in total. The van der Waals surface area contributed by atoms with Crippen molar-refractivity contribution >= 4 is 17.6 Å². The molecule has 2 heterocycles. The zero-order valence-corrected chi connectivity index (χ0v) is 17.5. The number of rotatable bonds is 7. The van der Waals surface area contributed by atoms with Gasteiger partial charge >= 0.3 is 0 Å². The molecule has 1 fully saturated rings. The molecule has 1 aromatic heterocycles. The van der Waals surface area contributed by atoms with Crippen molar-refractivity contribution in [3.8, 4) is 0 Å². The minimum atomic E-state index is -0.980. The van der Waals surface area contributed by atoms with Crippen LogP contribution < -0.4 is 15.5 Å². The van der Waals surface area contributed by atoms with Crippen molar-refractivity contribution in [1.29, 1.82) is 0 Å². The Morgan fingerprint density at radius 1 is 1.13 bits per heavy atom. The van der Waals surface area contributed by atoms with E-state index in [4.69, 9.17) is 4.74 Å². The third-order valence-electron chi connectivity index (χ3n) is 5.04. The van der Waals surface area contributed by atoms with Crippen LogP contribution in [0.15, 0.2) is 36.5 Å². The van der Waals surface area contributed by atoms with Crippen LogP contribution in [0.1, 0.15) is 29.8 Å². The first-order valence-electron chi connectivity index (χ1n) is 10.2. The van der Waals surface area contributed by atoms with E-state index in [0.717, 1.165) is 36.6 Å². The van der Waals surface area contributed by atoms with Gasteiger partial charge in [-0.25, -0.2) is 13.8 Å². The molecule has 2 N–H and O–H groups in total. The Kier molecular flexibility index (Phi) is 7.51. The first kappa shape index (κ1) is 22.6. The molecule has 1 atom stereocenters. The molecule has 0 aliphatic carbocycles. The Labute approximate surface area is 179 Å². The molecule has 1 aliphatic rings. The van der Waals surface area contributed by atoms with E-state index in [1.54, 1.807) is 20.0 Å². The highest BCUT2D eigenvalue weighted by Crippen LogP contribution is 2.15. The third kappa shape index (κ3) is 5.75. The van der Waals surface area contributed by atoms with Crippen LogP contribution in [0.4, 0.5) is 14.6 Å². The molecule has 1 aliphatic heterocycles. The topological polar surface area (TPSA) is 83.6 Å². The zero-order chi connectivity index (χ0) is 22.4. The van der Waals surface area contributed by atoms with E-state index in [1.807, 2.05) is 12.1 Å². The van der Waals surface area contributed by atoms with Crippen molar-refractivity contribution in [3.63, 3.8) is 0 Å². The lowest BCUT2D eigenvalue weighted by atomic mass is 10.0. The monoisotopic (exact) mass is 432 g/mol. The van der Waals surface area contributed by atoms with Crippen molar-refractivity contribution in [1.82, 2.24) is 15.6 Å². The highest BCUT2D eigenvalue weighted by molar-refractivity contribution is 5.98. The van der Waals surface area contributed by atoms with Gasteiger partial charge in [0.2, 0.25) is 5.91 Å². The molecule has 166 valence electrons. The molecule has 2 aromatic rings. The van der Waals surface area contributed by atoms with E-state index >= 15 is 0 Å². The van der Waals surface area contributed by atoms with E-state index in [0.29, 0.717) is 13.2 Å². The number of hydrogen-bond donors (Lipinski definition) is 2. The number of ether oxygens (including phenoxy) is 1. The molecule has 1 unspecified atom stereocenters. The van der Waals surface area contributed by atoms with Gasteiger partial charge in [0, 0.05) is 25.8 Å². The maximum absolute atomic E-state index is 13.9.